The maximum absolute atomic E-state index is 10.1. The normalized spacial score (nSPS) is 12.1. The van der Waals surface area contributed by atoms with Crippen LogP contribution in [0.3, 0.4) is 0 Å². The Hall–Kier alpha value is -1.50. The molecule has 16 heavy (non-hydrogen) atoms. The molecule has 0 saturated heterocycles. The lowest BCUT2D eigenvalue weighted by Crippen LogP contribution is -2.06. The second kappa shape index (κ2) is 5.55. The van der Waals surface area contributed by atoms with Gasteiger partial charge in [0.25, 0.3) is 0 Å². The van der Waals surface area contributed by atoms with Gasteiger partial charge in [-0.15, -0.1) is 5.73 Å². The van der Waals surface area contributed by atoms with Crippen molar-refractivity contribution in [2.45, 2.75) is 20.0 Å². The van der Waals surface area contributed by atoms with Gasteiger partial charge < -0.3 is 9.84 Å². The second-order valence-electron chi connectivity index (χ2n) is 3.96. The number of rotatable bonds is 4. The van der Waals surface area contributed by atoms with Gasteiger partial charge in [0.1, 0.15) is 11.9 Å². The van der Waals surface area contributed by atoms with Crippen molar-refractivity contribution < 1.29 is 9.84 Å². The Morgan fingerprint density at radius 3 is 2.25 bits per heavy atom. The Labute approximate surface area is 96.9 Å². The number of benzene rings is 1. The summed E-state index contributed by atoms with van der Waals surface area (Å²) in [5.41, 5.74) is 4.46. The topological polar surface area (TPSA) is 29.5 Å². The molecule has 0 radical (unpaired) electrons. The van der Waals surface area contributed by atoms with E-state index in [1.165, 1.54) is 0 Å². The van der Waals surface area contributed by atoms with E-state index in [2.05, 4.69) is 12.3 Å². The van der Waals surface area contributed by atoms with Crippen molar-refractivity contribution in [3.05, 3.63) is 47.7 Å². The minimum Gasteiger partial charge on any atom is -0.497 e. The van der Waals surface area contributed by atoms with Crippen molar-refractivity contribution in [3.63, 3.8) is 0 Å². The van der Waals surface area contributed by atoms with Gasteiger partial charge in [-0.1, -0.05) is 32.6 Å². The summed E-state index contributed by atoms with van der Waals surface area (Å²) >= 11 is 0. The van der Waals surface area contributed by atoms with Gasteiger partial charge >= 0.3 is 0 Å². The standard InChI is InChI=1S/C14H18O2/c1-5-13(10(2)3)14(15)11-6-8-12(16-4)9-7-11/h6-10,14-15H,1H2,2-4H3. The van der Waals surface area contributed by atoms with E-state index in [0.29, 0.717) is 0 Å². The van der Waals surface area contributed by atoms with Crippen LogP contribution in [0.4, 0.5) is 0 Å². The maximum Gasteiger partial charge on any atom is 0.118 e. The van der Waals surface area contributed by atoms with Crippen LogP contribution >= 0.6 is 0 Å². The third-order valence-electron chi connectivity index (χ3n) is 2.55. The molecular formula is C14H18O2. The highest BCUT2D eigenvalue weighted by molar-refractivity contribution is 5.32. The molecule has 0 heterocycles. The first-order valence-electron chi connectivity index (χ1n) is 5.32. The highest BCUT2D eigenvalue weighted by Crippen LogP contribution is 2.27. The molecule has 1 aromatic rings. The summed E-state index contributed by atoms with van der Waals surface area (Å²) in [4.78, 5) is 0. The van der Waals surface area contributed by atoms with E-state index in [4.69, 9.17) is 4.74 Å². The molecule has 2 nitrogen and oxygen atoms in total. The maximum atomic E-state index is 10.1. The molecule has 2 heteroatoms. The summed E-state index contributed by atoms with van der Waals surface area (Å²) in [7, 11) is 1.62. The van der Waals surface area contributed by atoms with E-state index in [1.807, 2.05) is 38.1 Å². The van der Waals surface area contributed by atoms with Crippen molar-refractivity contribution in [2.75, 3.05) is 7.11 Å². The van der Waals surface area contributed by atoms with Gasteiger partial charge in [0, 0.05) is 5.57 Å². The summed E-state index contributed by atoms with van der Waals surface area (Å²) in [5.74, 6) is 1.01. The van der Waals surface area contributed by atoms with Crippen LogP contribution in [0.5, 0.6) is 5.75 Å². The first kappa shape index (κ1) is 12.6. The number of ether oxygens (including phenoxy) is 1. The van der Waals surface area contributed by atoms with Gasteiger partial charge in [0.2, 0.25) is 0 Å². The molecular weight excluding hydrogens is 200 g/mol. The highest BCUT2D eigenvalue weighted by atomic mass is 16.5. The molecule has 0 spiro atoms. The molecule has 0 saturated carbocycles. The Morgan fingerprint density at radius 2 is 1.88 bits per heavy atom. The molecule has 86 valence electrons. The Morgan fingerprint density at radius 1 is 1.31 bits per heavy atom. The average Bonchev–Trinajstić information content (AvgIpc) is 2.29. The Balaban J connectivity index is 2.95. The lowest BCUT2D eigenvalue weighted by molar-refractivity contribution is 0.204. The molecule has 1 atom stereocenters. The quantitative estimate of drug-likeness (QED) is 0.787. The van der Waals surface area contributed by atoms with Crippen molar-refractivity contribution in [1.82, 2.24) is 0 Å². The molecule has 1 aromatic carbocycles. The van der Waals surface area contributed by atoms with Gasteiger partial charge in [-0.3, -0.25) is 0 Å². The van der Waals surface area contributed by atoms with E-state index >= 15 is 0 Å². The first-order chi connectivity index (χ1) is 7.60. The lowest BCUT2D eigenvalue weighted by Gasteiger charge is -2.16. The fourth-order valence-corrected chi connectivity index (χ4v) is 1.58. The summed E-state index contributed by atoms with van der Waals surface area (Å²) < 4.78 is 5.07. The first-order valence-corrected chi connectivity index (χ1v) is 5.32. The third kappa shape index (κ3) is 2.75. The highest BCUT2D eigenvalue weighted by Gasteiger charge is 2.15. The molecule has 1 N–H and O–H groups in total. The van der Waals surface area contributed by atoms with Crippen LogP contribution in [-0.2, 0) is 0 Å². The minimum atomic E-state index is -0.636. The SMILES string of the molecule is C=C=C(C(C)C)C(O)c1ccc(OC)cc1. The van der Waals surface area contributed by atoms with Crippen LogP contribution in [0.2, 0.25) is 0 Å². The average molecular weight is 218 g/mol. The zero-order valence-corrected chi connectivity index (χ0v) is 10.0. The molecule has 0 bridgehead atoms. The van der Waals surface area contributed by atoms with Gasteiger partial charge in [-0.25, -0.2) is 0 Å². The Bertz CT molecular complexity index is 384. The molecule has 1 rings (SSSR count). The zero-order valence-electron chi connectivity index (χ0n) is 10.0. The fourth-order valence-electron chi connectivity index (χ4n) is 1.58. The van der Waals surface area contributed by atoms with Crippen LogP contribution in [-0.4, -0.2) is 12.2 Å². The predicted molar refractivity (Wildman–Crippen MR) is 65.4 cm³/mol. The largest absolute Gasteiger partial charge is 0.497 e. The summed E-state index contributed by atoms with van der Waals surface area (Å²) in [6.45, 7) is 7.64. The van der Waals surface area contributed by atoms with Gasteiger partial charge in [-0.2, -0.15) is 0 Å². The smallest absolute Gasteiger partial charge is 0.118 e. The van der Waals surface area contributed by atoms with Crippen LogP contribution in [0.1, 0.15) is 25.5 Å². The summed E-state index contributed by atoms with van der Waals surface area (Å²) in [6, 6.07) is 7.37. The van der Waals surface area contributed by atoms with Crippen molar-refractivity contribution >= 4 is 0 Å². The van der Waals surface area contributed by atoms with E-state index in [9.17, 15) is 5.11 Å². The molecule has 0 aromatic heterocycles. The monoisotopic (exact) mass is 218 g/mol. The predicted octanol–water partition coefficient (Wildman–Crippen LogP) is 3.10. The number of hydrogen-bond donors (Lipinski definition) is 1. The van der Waals surface area contributed by atoms with Gasteiger partial charge in [-0.05, 0) is 23.6 Å². The van der Waals surface area contributed by atoms with Gasteiger partial charge in [0.05, 0.1) is 7.11 Å². The van der Waals surface area contributed by atoms with Crippen molar-refractivity contribution in [3.8, 4) is 5.75 Å². The zero-order chi connectivity index (χ0) is 12.1. The number of methoxy groups -OCH3 is 1. The molecule has 0 amide bonds. The lowest BCUT2D eigenvalue weighted by atomic mass is 9.94. The van der Waals surface area contributed by atoms with Crippen molar-refractivity contribution in [1.29, 1.82) is 0 Å². The van der Waals surface area contributed by atoms with Crippen LogP contribution in [0.15, 0.2) is 42.1 Å². The van der Waals surface area contributed by atoms with Crippen molar-refractivity contribution in [2.24, 2.45) is 5.92 Å². The third-order valence-corrected chi connectivity index (χ3v) is 2.55. The van der Waals surface area contributed by atoms with Gasteiger partial charge in [0.15, 0.2) is 0 Å². The molecule has 0 aliphatic rings. The number of aliphatic hydroxyl groups is 1. The number of hydrogen-bond acceptors (Lipinski definition) is 2. The van der Waals surface area contributed by atoms with E-state index in [-0.39, 0.29) is 5.92 Å². The summed E-state index contributed by atoms with van der Waals surface area (Å²) in [5, 5.41) is 10.1. The van der Waals surface area contributed by atoms with Crippen LogP contribution in [0, 0.1) is 5.92 Å². The molecule has 0 aliphatic carbocycles. The van der Waals surface area contributed by atoms with E-state index < -0.39 is 6.10 Å². The molecule has 0 aliphatic heterocycles. The van der Waals surface area contributed by atoms with E-state index in [1.54, 1.807) is 7.11 Å². The van der Waals surface area contributed by atoms with E-state index in [0.717, 1.165) is 16.9 Å². The second-order valence-corrected chi connectivity index (χ2v) is 3.96. The molecule has 0 fully saturated rings. The fraction of sp³-hybridized carbons (Fsp3) is 0.357. The number of aliphatic hydroxyl groups excluding tert-OH is 1. The minimum absolute atomic E-state index is 0.231. The molecule has 1 unspecified atom stereocenters. The Kier molecular flexibility index (Phi) is 4.36. The summed E-state index contributed by atoms with van der Waals surface area (Å²) in [6.07, 6.45) is -0.636. The van der Waals surface area contributed by atoms with Crippen LogP contribution in [0.25, 0.3) is 0 Å². The van der Waals surface area contributed by atoms with Crippen LogP contribution < -0.4 is 4.74 Å².